The van der Waals surface area contributed by atoms with Crippen LogP contribution >= 0.6 is 0 Å². The number of likely N-dealkylation sites (tertiary alicyclic amines) is 1. The van der Waals surface area contributed by atoms with Crippen LogP contribution < -0.4 is 15.4 Å². The third kappa shape index (κ3) is 6.34. The summed E-state index contributed by atoms with van der Waals surface area (Å²) in [5, 5.41) is 5.81. The molecule has 0 aromatic heterocycles. The lowest BCUT2D eigenvalue weighted by atomic mass is 9.88. The molecule has 1 heterocycles. The minimum Gasteiger partial charge on any atom is -0.497 e. The predicted molar refractivity (Wildman–Crippen MR) is 127 cm³/mol. The van der Waals surface area contributed by atoms with Gasteiger partial charge in [-0.3, -0.25) is 14.4 Å². The lowest BCUT2D eigenvalue weighted by Gasteiger charge is -2.36. The van der Waals surface area contributed by atoms with Crippen LogP contribution in [0.15, 0.2) is 48.5 Å². The zero-order valence-corrected chi connectivity index (χ0v) is 19.8. The third-order valence-corrected chi connectivity index (χ3v) is 6.01. The molecule has 1 aliphatic rings. The van der Waals surface area contributed by atoms with E-state index >= 15 is 0 Å². The van der Waals surface area contributed by atoms with Crippen molar-refractivity contribution in [1.82, 2.24) is 15.5 Å². The Labute approximate surface area is 199 Å². The molecular weight excluding hydrogens is 437 g/mol. The van der Waals surface area contributed by atoms with Gasteiger partial charge in [0.1, 0.15) is 17.6 Å². The van der Waals surface area contributed by atoms with Crippen molar-refractivity contribution in [2.75, 3.05) is 26.7 Å². The van der Waals surface area contributed by atoms with Gasteiger partial charge in [-0.1, -0.05) is 26.0 Å². The van der Waals surface area contributed by atoms with Crippen molar-refractivity contribution in [3.8, 4) is 5.75 Å². The summed E-state index contributed by atoms with van der Waals surface area (Å²) in [7, 11) is 1.55. The van der Waals surface area contributed by atoms with Crippen LogP contribution in [0.5, 0.6) is 5.75 Å². The van der Waals surface area contributed by atoms with Gasteiger partial charge in [-0.05, 0) is 61.1 Å². The van der Waals surface area contributed by atoms with Gasteiger partial charge in [-0.15, -0.1) is 0 Å². The van der Waals surface area contributed by atoms with Gasteiger partial charge in [-0.2, -0.15) is 0 Å². The number of halogens is 1. The Morgan fingerprint density at radius 2 is 1.71 bits per heavy atom. The Kier molecular flexibility index (Phi) is 8.62. The molecule has 2 N–H and O–H groups in total. The highest BCUT2D eigenvalue weighted by Crippen LogP contribution is 2.24. The Bertz CT molecular complexity index is 1000. The molecule has 34 heavy (non-hydrogen) atoms. The maximum absolute atomic E-state index is 14.1. The number of rotatable bonds is 8. The average molecular weight is 470 g/mol. The van der Waals surface area contributed by atoms with E-state index in [9.17, 15) is 18.8 Å². The van der Waals surface area contributed by atoms with Crippen LogP contribution in [0, 0.1) is 17.7 Å². The Hall–Kier alpha value is -3.42. The van der Waals surface area contributed by atoms with E-state index in [0.29, 0.717) is 43.8 Å². The Morgan fingerprint density at radius 3 is 2.29 bits per heavy atom. The predicted octanol–water partition coefficient (Wildman–Crippen LogP) is 3.26. The average Bonchev–Trinajstić information content (AvgIpc) is 2.85. The molecule has 1 fully saturated rings. The van der Waals surface area contributed by atoms with Crippen molar-refractivity contribution in [2.24, 2.45) is 11.8 Å². The van der Waals surface area contributed by atoms with Crippen LogP contribution in [-0.2, 0) is 4.79 Å². The molecule has 7 nitrogen and oxygen atoms in total. The van der Waals surface area contributed by atoms with Crippen molar-refractivity contribution in [1.29, 1.82) is 0 Å². The highest BCUT2D eigenvalue weighted by Gasteiger charge is 2.34. The van der Waals surface area contributed by atoms with E-state index in [4.69, 9.17) is 4.74 Å². The summed E-state index contributed by atoms with van der Waals surface area (Å²) in [4.78, 5) is 40.3. The first kappa shape index (κ1) is 25.2. The minimum absolute atomic E-state index is 0.0417. The first-order chi connectivity index (χ1) is 16.3. The van der Waals surface area contributed by atoms with E-state index in [1.54, 1.807) is 48.4 Å². The summed E-state index contributed by atoms with van der Waals surface area (Å²) in [5.74, 6) is -0.755. The van der Waals surface area contributed by atoms with Gasteiger partial charge in [0.2, 0.25) is 5.91 Å². The van der Waals surface area contributed by atoms with E-state index in [1.165, 1.54) is 12.1 Å². The number of hydrogen-bond donors (Lipinski definition) is 2. The number of methoxy groups -OCH3 is 1. The van der Waals surface area contributed by atoms with Gasteiger partial charge in [0.25, 0.3) is 11.8 Å². The molecule has 1 saturated heterocycles. The van der Waals surface area contributed by atoms with E-state index in [-0.39, 0.29) is 35.1 Å². The number of nitrogens with zero attached hydrogens (tertiary/aromatic N) is 1. The van der Waals surface area contributed by atoms with Crippen molar-refractivity contribution in [2.45, 2.75) is 32.7 Å². The second kappa shape index (κ2) is 11.6. The summed E-state index contributed by atoms with van der Waals surface area (Å²) >= 11 is 0. The second-order valence-corrected chi connectivity index (χ2v) is 8.93. The number of amides is 3. The van der Waals surface area contributed by atoms with Crippen LogP contribution in [0.25, 0.3) is 0 Å². The quantitative estimate of drug-likeness (QED) is 0.621. The maximum Gasteiger partial charge on any atom is 0.256 e. The summed E-state index contributed by atoms with van der Waals surface area (Å²) < 4.78 is 19.2. The second-order valence-electron chi connectivity index (χ2n) is 8.93. The fourth-order valence-corrected chi connectivity index (χ4v) is 4.02. The first-order valence-corrected chi connectivity index (χ1v) is 11.6. The van der Waals surface area contributed by atoms with Crippen LogP contribution in [0.2, 0.25) is 0 Å². The van der Waals surface area contributed by atoms with Crippen LogP contribution in [-0.4, -0.2) is 55.4 Å². The summed E-state index contributed by atoms with van der Waals surface area (Å²) in [6.45, 7) is 5.25. The number of benzene rings is 2. The monoisotopic (exact) mass is 469 g/mol. The highest BCUT2D eigenvalue weighted by atomic mass is 19.1. The largest absolute Gasteiger partial charge is 0.497 e. The number of hydrogen-bond acceptors (Lipinski definition) is 4. The number of nitrogens with one attached hydrogen (secondary N) is 2. The van der Waals surface area contributed by atoms with Gasteiger partial charge >= 0.3 is 0 Å². The van der Waals surface area contributed by atoms with Crippen LogP contribution in [0.1, 0.15) is 47.4 Å². The van der Waals surface area contributed by atoms with Crippen LogP contribution in [0.4, 0.5) is 4.39 Å². The van der Waals surface area contributed by atoms with Crippen molar-refractivity contribution in [3.05, 3.63) is 65.5 Å². The molecule has 0 radical (unpaired) electrons. The van der Waals surface area contributed by atoms with Gasteiger partial charge in [0, 0.05) is 25.2 Å². The minimum atomic E-state index is -0.737. The molecule has 2 aromatic rings. The van der Waals surface area contributed by atoms with Crippen LogP contribution in [0.3, 0.4) is 0 Å². The van der Waals surface area contributed by atoms with E-state index < -0.39 is 11.9 Å². The zero-order chi connectivity index (χ0) is 24.7. The van der Waals surface area contributed by atoms with Crippen molar-refractivity contribution < 1.29 is 23.5 Å². The molecule has 8 heteroatoms. The Balaban J connectivity index is 1.69. The fourth-order valence-electron chi connectivity index (χ4n) is 4.02. The molecule has 3 amide bonds. The molecule has 0 aliphatic carbocycles. The summed E-state index contributed by atoms with van der Waals surface area (Å²) in [6.07, 6.45) is 1.03. The van der Waals surface area contributed by atoms with Gasteiger partial charge < -0.3 is 20.3 Å². The van der Waals surface area contributed by atoms with Gasteiger partial charge in [0.05, 0.1) is 12.7 Å². The smallest absolute Gasteiger partial charge is 0.256 e. The topological polar surface area (TPSA) is 87.7 Å². The molecular formula is C26H32FN3O4. The number of carbonyl (C=O) groups is 3. The summed E-state index contributed by atoms with van der Waals surface area (Å²) in [5.41, 5.74) is 0.467. The maximum atomic E-state index is 14.1. The molecule has 0 bridgehead atoms. The summed E-state index contributed by atoms with van der Waals surface area (Å²) in [6, 6.07) is 11.9. The molecule has 0 spiro atoms. The SMILES string of the molecule is COc1ccc(C(=O)NC(C(=O)NCC(C)C)C2CCN(C(=O)c3ccccc3F)CC2)cc1. The molecule has 2 aromatic carbocycles. The number of piperidine rings is 1. The number of carbonyl (C=O) groups excluding carboxylic acids is 3. The third-order valence-electron chi connectivity index (χ3n) is 6.01. The lowest BCUT2D eigenvalue weighted by molar-refractivity contribution is -0.124. The van der Waals surface area contributed by atoms with Crippen molar-refractivity contribution in [3.63, 3.8) is 0 Å². The normalized spacial score (nSPS) is 15.0. The first-order valence-electron chi connectivity index (χ1n) is 11.6. The highest BCUT2D eigenvalue weighted by molar-refractivity contribution is 5.98. The zero-order valence-electron chi connectivity index (χ0n) is 19.8. The molecule has 0 saturated carbocycles. The van der Waals surface area contributed by atoms with E-state index in [1.807, 2.05) is 13.8 Å². The van der Waals surface area contributed by atoms with Gasteiger partial charge in [0.15, 0.2) is 0 Å². The number of ether oxygens (including phenoxy) is 1. The molecule has 1 atom stereocenters. The van der Waals surface area contributed by atoms with E-state index in [2.05, 4.69) is 10.6 Å². The molecule has 1 aliphatic heterocycles. The van der Waals surface area contributed by atoms with Crippen molar-refractivity contribution >= 4 is 17.7 Å². The molecule has 3 rings (SSSR count). The Morgan fingerprint density at radius 1 is 1.06 bits per heavy atom. The lowest BCUT2D eigenvalue weighted by Crippen LogP contribution is -2.54. The molecule has 1 unspecified atom stereocenters. The fraction of sp³-hybridized carbons (Fsp3) is 0.423. The van der Waals surface area contributed by atoms with Gasteiger partial charge in [-0.25, -0.2) is 4.39 Å². The van der Waals surface area contributed by atoms with E-state index in [0.717, 1.165) is 0 Å². The standard InChI is InChI=1S/C26H32FN3O4/c1-17(2)16-28-25(32)23(29-24(31)19-8-10-20(34-3)11-9-19)18-12-14-30(15-13-18)26(33)21-6-4-5-7-22(21)27/h4-11,17-18,23H,12-16H2,1-3H3,(H,28,32)(H,29,31). The molecule has 182 valence electrons.